The van der Waals surface area contributed by atoms with Crippen LogP contribution in [-0.4, -0.2) is 46.5 Å². The Morgan fingerprint density at radius 2 is 1.62 bits per heavy atom. The monoisotopic (exact) mass is 435 g/mol. The van der Waals surface area contributed by atoms with Crippen LogP contribution in [0.4, 0.5) is 4.79 Å². The van der Waals surface area contributed by atoms with E-state index in [-0.39, 0.29) is 18.8 Å². The first-order chi connectivity index (χ1) is 15.5. The number of aliphatic hydroxyl groups excluding tert-OH is 1. The standard InChI is InChI=1S/C26H29NO5/c28-22(14-19-9-5-2-6-10-19)16-24(29)23(15-20-11-12-20)25(30)27-21(17-32-26(27)31)13-18-7-3-1-4-8-18/h1-10,20-23,28H,11-17H2/t21-,22?,23?/m0/s1. The lowest BCUT2D eigenvalue weighted by atomic mass is 9.90. The van der Waals surface area contributed by atoms with Gasteiger partial charge in [0.1, 0.15) is 12.4 Å². The maximum Gasteiger partial charge on any atom is 0.417 e. The van der Waals surface area contributed by atoms with Crippen molar-refractivity contribution in [3.63, 3.8) is 0 Å². The number of Topliss-reactive ketones (excluding diaryl/α,β-unsaturated/α-hetero) is 1. The molecule has 2 aromatic carbocycles. The zero-order valence-electron chi connectivity index (χ0n) is 18.1. The van der Waals surface area contributed by atoms with E-state index in [0.29, 0.717) is 25.2 Å². The number of hydrogen-bond donors (Lipinski definition) is 1. The van der Waals surface area contributed by atoms with E-state index >= 15 is 0 Å². The average Bonchev–Trinajstić information content (AvgIpc) is 3.54. The number of cyclic esters (lactones) is 1. The molecule has 3 atom stereocenters. The molecule has 2 unspecified atom stereocenters. The molecule has 0 aromatic heterocycles. The molecule has 32 heavy (non-hydrogen) atoms. The van der Waals surface area contributed by atoms with E-state index in [1.54, 1.807) is 0 Å². The van der Waals surface area contributed by atoms with Crippen molar-refractivity contribution in [2.24, 2.45) is 11.8 Å². The highest BCUT2D eigenvalue weighted by Crippen LogP contribution is 2.37. The molecule has 1 aliphatic heterocycles. The topological polar surface area (TPSA) is 83.9 Å². The van der Waals surface area contributed by atoms with Gasteiger partial charge in [-0.15, -0.1) is 0 Å². The van der Waals surface area contributed by atoms with E-state index in [4.69, 9.17) is 4.74 Å². The smallest absolute Gasteiger partial charge is 0.417 e. The second-order valence-corrected chi connectivity index (χ2v) is 8.87. The van der Waals surface area contributed by atoms with E-state index < -0.39 is 30.1 Å². The van der Waals surface area contributed by atoms with Gasteiger partial charge in [-0.25, -0.2) is 9.69 Å². The maximum atomic E-state index is 13.4. The van der Waals surface area contributed by atoms with E-state index in [2.05, 4.69) is 0 Å². The molecule has 0 radical (unpaired) electrons. The predicted octanol–water partition coefficient (Wildman–Crippen LogP) is 3.56. The molecule has 2 fully saturated rings. The Hall–Kier alpha value is -2.99. The van der Waals surface area contributed by atoms with Crippen LogP contribution >= 0.6 is 0 Å². The summed E-state index contributed by atoms with van der Waals surface area (Å²) in [6.07, 6.45) is 1.57. The van der Waals surface area contributed by atoms with E-state index in [0.717, 1.165) is 28.9 Å². The zero-order chi connectivity index (χ0) is 22.5. The van der Waals surface area contributed by atoms with Crippen molar-refractivity contribution >= 4 is 17.8 Å². The molecule has 1 saturated heterocycles. The lowest BCUT2D eigenvalue weighted by Gasteiger charge is -2.25. The Balaban J connectivity index is 1.45. The van der Waals surface area contributed by atoms with Gasteiger partial charge in [0, 0.05) is 6.42 Å². The summed E-state index contributed by atoms with van der Waals surface area (Å²) >= 11 is 0. The lowest BCUT2D eigenvalue weighted by molar-refractivity contribution is -0.141. The number of carbonyl (C=O) groups is 3. The third-order valence-corrected chi connectivity index (χ3v) is 6.22. The minimum absolute atomic E-state index is 0.107. The number of carbonyl (C=O) groups excluding carboxylic acids is 3. The van der Waals surface area contributed by atoms with Gasteiger partial charge in [0.15, 0.2) is 0 Å². The molecule has 6 heteroatoms. The normalized spacial score (nSPS) is 20.0. The summed E-state index contributed by atoms with van der Waals surface area (Å²) in [7, 11) is 0. The summed E-state index contributed by atoms with van der Waals surface area (Å²) in [5.74, 6) is -1.39. The van der Waals surface area contributed by atoms with Crippen molar-refractivity contribution in [1.82, 2.24) is 4.90 Å². The van der Waals surface area contributed by atoms with Gasteiger partial charge in [-0.3, -0.25) is 9.59 Å². The van der Waals surface area contributed by atoms with Gasteiger partial charge in [0.25, 0.3) is 0 Å². The number of hydrogen-bond acceptors (Lipinski definition) is 5. The number of amides is 2. The van der Waals surface area contributed by atoms with Crippen LogP contribution in [0.15, 0.2) is 60.7 Å². The first-order valence-corrected chi connectivity index (χ1v) is 11.3. The molecule has 4 rings (SSSR count). The molecule has 0 spiro atoms. The van der Waals surface area contributed by atoms with Crippen LogP contribution in [0.25, 0.3) is 0 Å². The third-order valence-electron chi connectivity index (χ3n) is 6.22. The van der Waals surface area contributed by atoms with Gasteiger partial charge in [0.05, 0.1) is 18.1 Å². The Kier molecular flexibility index (Phi) is 7.00. The molecule has 1 N–H and O–H groups in total. The van der Waals surface area contributed by atoms with Gasteiger partial charge in [-0.05, 0) is 36.3 Å². The van der Waals surface area contributed by atoms with Crippen LogP contribution in [0.2, 0.25) is 0 Å². The quantitative estimate of drug-likeness (QED) is 0.577. The average molecular weight is 436 g/mol. The summed E-state index contributed by atoms with van der Waals surface area (Å²) in [6.45, 7) is 0.125. The largest absolute Gasteiger partial charge is 0.447 e. The number of benzene rings is 2. The van der Waals surface area contributed by atoms with Crippen LogP contribution in [0.1, 0.15) is 36.8 Å². The van der Waals surface area contributed by atoms with Crippen molar-refractivity contribution < 1.29 is 24.2 Å². The minimum atomic E-state index is -0.920. The third kappa shape index (κ3) is 5.62. The molecule has 1 heterocycles. The highest BCUT2D eigenvalue weighted by atomic mass is 16.6. The fourth-order valence-corrected chi connectivity index (χ4v) is 4.32. The Labute approximate surface area is 188 Å². The summed E-state index contributed by atoms with van der Waals surface area (Å²) in [5.41, 5.74) is 1.93. The van der Waals surface area contributed by atoms with E-state index in [9.17, 15) is 19.5 Å². The maximum absolute atomic E-state index is 13.4. The molecule has 6 nitrogen and oxygen atoms in total. The first-order valence-electron chi connectivity index (χ1n) is 11.3. The number of imide groups is 1. The molecule has 2 aliphatic rings. The summed E-state index contributed by atoms with van der Waals surface area (Å²) in [4.78, 5) is 40.1. The molecule has 1 saturated carbocycles. The van der Waals surface area contributed by atoms with E-state index in [1.165, 1.54) is 0 Å². The van der Waals surface area contributed by atoms with Gasteiger partial charge < -0.3 is 9.84 Å². The Bertz CT molecular complexity index is 941. The second kappa shape index (κ2) is 10.1. The summed E-state index contributed by atoms with van der Waals surface area (Å²) < 4.78 is 5.19. The first kappa shape index (κ1) is 22.2. The highest BCUT2D eigenvalue weighted by Gasteiger charge is 2.44. The molecule has 1 aliphatic carbocycles. The predicted molar refractivity (Wildman–Crippen MR) is 119 cm³/mol. The van der Waals surface area contributed by atoms with Crippen LogP contribution in [0, 0.1) is 11.8 Å². The van der Waals surface area contributed by atoms with Gasteiger partial charge in [-0.2, -0.15) is 0 Å². The van der Waals surface area contributed by atoms with Crippen LogP contribution < -0.4 is 0 Å². The van der Waals surface area contributed by atoms with Crippen LogP contribution in [0.3, 0.4) is 0 Å². The summed E-state index contributed by atoms with van der Waals surface area (Å²) in [5, 5.41) is 10.5. The highest BCUT2D eigenvalue weighted by molar-refractivity contribution is 6.06. The van der Waals surface area contributed by atoms with E-state index in [1.807, 2.05) is 60.7 Å². The van der Waals surface area contributed by atoms with Crippen LogP contribution in [-0.2, 0) is 27.2 Å². The van der Waals surface area contributed by atoms with Gasteiger partial charge >= 0.3 is 6.09 Å². The molecule has 168 valence electrons. The zero-order valence-corrected chi connectivity index (χ0v) is 18.1. The fraction of sp³-hybridized carbons (Fsp3) is 0.423. The van der Waals surface area contributed by atoms with Gasteiger partial charge in [0.2, 0.25) is 5.91 Å². The minimum Gasteiger partial charge on any atom is -0.447 e. The van der Waals surface area contributed by atoms with Crippen molar-refractivity contribution in [3.05, 3.63) is 71.8 Å². The molecule has 2 amide bonds. The Morgan fingerprint density at radius 3 is 2.25 bits per heavy atom. The van der Waals surface area contributed by atoms with Crippen molar-refractivity contribution in [2.75, 3.05) is 6.61 Å². The Morgan fingerprint density at radius 1 is 1.00 bits per heavy atom. The number of rotatable bonds is 10. The SMILES string of the molecule is O=C(CC(O)Cc1ccccc1)C(CC1CC1)C(=O)N1C(=O)OC[C@@H]1Cc1ccccc1. The lowest BCUT2D eigenvalue weighted by Crippen LogP contribution is -2.46. The fourth-order valence-electron chi connectivity index (χ4n) is 4.32. The number of nitrogens with zero attached hydrogens (tertiary/aromatic N) is 1. The van der Waals surface area contributed by atoms with Crippen molar-refractivity contribution in [1.29, 1.82) is 0 Å². The number of ketones is 1. The number of ether oxygens (including phenoxy) is 1. The summed E-state index contributed by atoms with van der Waals surface area (Å²) in [6, 6.07) is 18.6. The molecular weight excluding hydrogens is 406 g/mol. The molecular formula is C26H29NO5. The molecule has 2 aromatic rings. The van der Waals surface area contributed by atoms with Crippen molar-refractivity contribution in [3.8, 4) is 0 Å². The number of aliphatic hydroxyl groups is 1. The second-order valence-electron chi connectivity index (χ2n) is 8.87. The molecule has 0 bridgehead atoms. The van der Waals surface area contributed by atoms with Crippen LogP contribution in [0.5, 0.6) is 0 Å². The van der Waals surface area contributed by atoms with Crippen molar-refractivity contribution in [2.45, 2.75) is 50.7 Å². The van der Waals surface area contributed by atoms with Gasteiger partial charge in [-0.1, -0.05) is 73.5 Å².